The summed E-state index contributed by atoms with van der Waals surface area (Å²) in [6.45, 7) is 6.27. The third-order valence-corrected chi connectivity index (χ3v) is 4.63. The molecule has 0 aromatic carbocycles. The number of rotatable bonds is 4. The number of carbonyl (C=O) groups excluding carboxylic acids is 2. The van der Waals surface area contributed by atoms with E-state index < -0.39 is 52.3 Å². The van der Waals surface area contributed by atoms with Gasteiger partial charge < -0.3 is 14.4 Å². The van der Waals surface area contributed by atoms with E-state index >= 15 is 0 Å². The van der Waals surface area contributed by atoms with Crippen LogP contribution in [0.15, 0.2) is 35.7 Å². The Labute approximate surface area is 174 Å². The second-order valence-electron chi connectivity index (χ2n) is 7.22. The zero-order chi connectivity index (χ0) is 22.7. The van der Waals surface area contributed by atoms with Gasteiger partial charge in [0, 0.05) is 6.20 Å². The van der Waals surface area contributed by atoms with Crippen molar-refractivity contribution in [2.24, 2.45) is 10.8 Å². The van der Waals surface area contributed by atoms with Gasteiger partial charge in [0.25, 0.3) is 0 Å². The molecule has 0 N–H and O–H groups in total. The Morgan fingerprint density at radius 2 is 1.47 bits per heavy atom. The fourth-order valence-electron chi connectivity index (χ4n) is 3.43. The third-order valence-electron chi connectivity index (χ3n) is 4.63. The molecule has 30 heavy (non-hydrogen) atoms. The highest BCUT2D eigenvalue weighted by molar-refractivity contribution is 6.03. The molecule has 0 aromatic rings. The van der Waals surface area contributed by atoms with E-state index in [2.05, 4.69) is 0 Å². The Hall–Kier alpha value is -4.08. The van der Waals surface area contributed by atoms with Crippen LogP contribution < -0.4 is 0 Å². The van der Waals surface area contributed by atoms with Crippen LogP contribution in [0, 0.1) is 56.2 Å². The summed E-state index contributed by atoms with van der Waals surface area (Å²) in [4.78, 5) is 27.3. The molecule has 0 saturated heterocycles. The summed E-state index contributed by atoms with van der Waals surface area (Å²) in [5.41, 5.74) is -6.04. The van der Waals surface area contributed by atoms with E-state index in [-0.39, 0.29) is 0 Å². The molecule has 0 aromatic heterocycles. The zero-order valence-electron chi connectivity index (χ0n) is 16.9. The molecule has 2 rings (SSSR count). The van der Waals surface area contributed by atoms with E-state index in [1.807, 2.05) is 0 Å². The van der Waals surface area contributed by atoms with Crippen molar-refractivity contribution < 1.29 is 19.1 Å². The van der Waals surface area contributed by atoms with Crippen molar-refractivity contribution in [3.8, 4) is 24.3 Å². The third kappa shape index (κ3) is 3.08. The SMILES string of the molecule is CC(C)OC(=O)C1=C(C(=O)OC(C)C)C(C#N)(C#N)C(C#N)(C#N)C2C=CC=CN12. The fourth-order valence-corrected chi connectivity index (χ4v) is 3.43. The molecule has 9 heteroatoms. The van der Waals surface area contributed by atoms with Crippen molar-refractivity contribution in [1.29, 1.82) is 21.0 Å². The molecule has 2 heterocycles. The molecule has 0 amide bonds. The van der Waals surface area contributed by atoms with Crippen molar-refractivity contribution in [1.82, 2.24) is 4.90 Å². The normalized spacial score (nSPS) is 20.5. The van der Waals surface area contributed by atoms with Gasteiger partial charge in [0.1, 0.15) is 11.3 Å². The number of nitriles is 4. The lowest BCUT2D eigenvalue weighted by atomic mass is 9.55. The van der Waals surface area contributed by atoms with Gasteiger partial charge in [0.05, 0.1) is 42.5 Å². The molecule has 0 spiro atoms. The fraction of sp³-hybridized carbons (Fsp3) is 0.429. The first-order valence-electron chi connectivity index (χ1n) is 9.10. The molecule has 1 unspecified atom stereocenters. The maximum absolute atomic E-state index is 13.1. The Bertz CT molecular complexity index is 996. The molecule has 0 fully saturated rings. The maximum Gasteiger partial charge on any atom is 0.355 e. The molecule has 152 valence electrons. The Morgan fingerprint density at radius 1 is 0.933 bits per heavy atom. The predicted molar refractivity (Wildman–Crippen MR) is 101 cm³/mol. The zero-order valence-corrected chi connectivity index (χ0v) is 16.9. The van der Waals surface area contributed by atoms with Crippen LogP contribution in [-0.4, -0.2) is 35.1 Å². The van der Waals surface area contributed by atoms with Gasteiger partial charge >= 0.3 is 11.9 Å². The first-order valence-corrected chi connectivity index (χ1v) is 9.10. The van der Waals surface area contributed by atoms with E-state index in [1.54, 1.807) is 52.0 Å². The lowest BCUT2D eigenvalue weighted by Gasteiger charge is -2.48. The van der Waals surface area contributed by atoms with E-state index in [1.165, 1.54) is 29.3 Å². The van der Waals surface area contributed by atoms with Gasteiger partial charge in [-0.1, -0.05) is 12.2 Å². The minimum absolute atomic E-state index is 0.413. The van der Waals surface area contributed by atoms with Crippen molar-refractivity contribution in [2.75, 3.05) is 0 Å². The summed E-state index contributed by atoms with van der Waals surface area (Å²) in [6.07, 6.45) is 4.61. The highest BCUT2D eigenvalue weighted by atomic mass is 16.5. The van der Waals surface area contributed by atoms with Crippen LogP contribution in [0.1, 0.15) is 27.7 Å². The number of nitrogens with zero attached hydrogens (tertiary/aromatic N) is 5. The van der Waals surface area contributed by atoms with Crippen LogP contribution >= 0.6 is 0 Å². The van der Waals surface area contributed by atoms with Gasteiger partial charge in [-0.3, -0.25) is 0 Å². The highest BCUT2D eigenvalue weighted by Crippen LogP contribution is 2.55. The van der Waals surface area contributed by atoms with Crippen LogP contribution in [0.4, 0.5) is 0 Å². The van der Waals surface area contributed by atoms with Gasteiger partial charge in [0.15, 0.2) is 0 Å². The average Bonchev–Trinajstić information content (AvgIpc) is 2.70. The molecule has 9 nitrogen and oxygen atoms in total. The van der Waals surface area contributed by atoms with Crippen molar-refractivity contribution in [3.63, 3.8) is 0 Å². The summed E-state index contributed by atoms with van der Waals surface area (Å²) in [7, 11) is 0. The summed E-state index contributed by atoms with van der Waals surface area (Å²) in [5.74, 6) is -2.13. The average molecular weight is 405 g/mol. The standard InChI is InChI=1S/C21H19N5O4/c1-13(2)29-18(27)16-17(19(28)30-14(3)4)26-8-6-5-7-15(26)20(9-22,10-23)21(16,11-24)12-25/h5-8,13-15H,1-4H3. The number of fused-ring (bicyclic) bond motifs is 1. The molecule has 2 aliphatic heterocycles. The highest BCUT2D eigenvalue weighted by Gasteiger charge is 2.69. The van der Waals surface area contributed by atoms with Gasteiger partial charge in [-0.25, -0.2) is 9.59 Å². The van der Waals surface area contributed by atoms with Crippen LogP contribution in [0.5, 0.6) is 0 Å². The lowest BCUT2D eigenvalue weighted by Crippen LogP contribution is -2.60. The monoisotopic (exact) mass is 405 g/mol. The van der Waals surface area contributed by atoms with E-state index in [0.29, 0.717) is 0 Å². The number of ether oxygens (including phenoxy) is 2. The second-order valence-corrected chi connectivity index (χ2v) is 7.22. The van der Waals surface area contributed by atoms with Crippen LogP contribution in [0.2, 0.25) is 0 Å². The van der Waals surface area contributed by atoms with Crippen molar-refractivity contribution in [2.45, 2.75) is 45.9 Å². The number of allylic oxidation sites excluding steroid dienone is 2. The maximum atomic E-state index is 13.1. The molecular weight excluding hydrogens is 386 g/mol. The van der Waals surface area contributed by atoms with Gasteiger partial charge in [-0.05, 0) is 33.8 Å². The number of hydrogen-bond acceptors (Lipinski definition) is 9. The largest absolute Gasteiger partial charge is 0.459 e. The van der Waals surface area contributed by atoms with Crippen LogP contribution in [-0.2, 0) is 19.1 Å². The Kier molecular flexibility index (Phi) is 6.01. The Morgan fingerprint density at radius 3 is 1.93 bits per heavy atom. The minimum atomic E-state index is -2.61. The summed E-state index contributed by atoms with van der Waals surface area (Å²) < 4.78 is 10.5. The first-order chi connectivity index (χ1) is 14.2. The lowest BCUT2D eigenvalue weighted by molar-refractivity contribution is -0.149. The van der Waals surface area contributed by atoms with E-state index in [4.69, 9.17) is 9.47 Å². The second kappa shape index (κ2) is 8.11. The van der Waals surface area contributed by atoms with Crippen LogP contribution in [0.25, 0.3) is 0 Å². The van der Waals surface area contributed by atoms with Crippen molar-refractivity contribution in [3.05, 3.63) is 35.7 Å². The van der Waals surface area contributed by atoms with E-state index in [0.717, 1.165) is 0 Å². The first kappa shape index (κ1) is 22.2. The molecule has 0 bridgehead atoms. The van der Waals surface area contributed by atoms with Gasteiger partial charge in [0.2, 0.25) is 10.8 Å². The number of carbonyl (C=O) groups is 2. The molecule has 0 aliphatic carbocycles. The van der Waals surface area contributed by atoms with Gasteiger partial charge in [-0.2, -0.15) is 21.0 Å². The molecule has 0 radical (unpaired) electrons. The van der Waals surface area contributed by atoms with Crippen molar-refractivity contribution >= 4 is 11.9 Å². The summed E-state index contributed by atoms with van der Waals surface area (Å²) in [6, 6.07) is 5.70. The topological polar surface area (TPSA) is 151 Å². The number of esters is 2. The van der Waals surface area contributed by atoms with E-state index in [9.17, 15) is 30.6 Å². The Balaban J connectivity index is 3.04. The minimum Gasteiger partial charge on any atom is -0.459 e. The summed E-state index contributed by atoms with van der Waals surface area (Å²) in [5, 5.41) is 40.0. The smallest absolute Gasteiger partial charge is 0.355 e. The predicted octanol–water partition coefficient (Wildman–Crippen LogP) is 1.98. The molecule has 1 atom stereocenters. The van der Waals surface area contributed by atoms with Crippen LogP contribution in [0.3, 0.4) is 0 Å². The number of hydrogen-bond donors (Lipinski definition) is 0. The molecular formula is C21H19N5O4. The quantitative estimate of drug-likeness (QED) is 0.639. The molecule has 2 aliphatic rings. The molecule has 0 saturated carbocycles. The van der Waals surface area contributed by atoms with Gasteiger partial charge in [-0.15, -0.1) is 0 Å². The summed E-state index contributed by atoms with van der Waals surface area (Å²) >= 11 is 0.